The average Bonchev–Trinajstić information content (AvgIpc) is 2.52. The lowest BCUT2D eigenvalue weighted by Gasteiger charge is -2.38. The van der Waals surface area contributed by atoms with Crippen molar-refractivity contribution in [1.29, 1.82) is 0 Å². The van der Waals surface area contributed by atoms with Crippen LogP contribution in [0.2, 0.25) is 0 Å². The van der Waals surface area contributed by atoms with Crippen molar-refractivity contribution in [3.63, 3.8) is 0 Å². The van der Waals surface area contributed by atoms with Gasteiger partial charge in [0.2, 0.25) is 0 Å². The Morgan fingerprint density at radius 2 is 1.84 bits per heavy atom. The van der Waals surface area contributed by atoms with Gasteiger partial charge in [0.05, 0.1) is 5.69 Å². The third kappa shape index (κ3) is 4.09. The Morgan fingerprint density at radius 1 is 1.16 bits per heavy atom. The van der Waals surface area contributed by atoms with Crippen molar-refractivity contribution in [3.05, 3.63) is 29.8 Å². The molecule has 1 amide bonds. The molecular weight excluding hydrogens is 316 g/mol. The van der Waals surface area contributed by atoms with E-state index in [9.17, 15) is 4.79 Å². The van der Waals surface area contributed by atoms with Gasteiger partial charge in [0.15, 0.2) is 5.75 Å². The van der Waals surface area contributed by atoms with Gasteiger partial charge in [0.1, 0.15) is 11.2 Å². The van der Waals surface area contributed by atoms with Crippen LogP contribution in [0.1, 0.15) is 40.2 Å². The van der Waals surface area contributed by atoms with E-state index in [1.54, 1.807) is 4.90 Å². The lowest BCUT2D eigenvalue weighted by atomic mass is 10.0. The van der Waals surface area contributed by atoms with E-state index in [1.165, 1.54) is 0 Å². The van der Waals surface area contributed by atoms with Crippen molar-refractivity contribution in [2.24, 2.45) is 0 Å². The highest BCUT2D eigenvalue weighted by atomic mass is 16.6. The van der Waals surface area contributed by atoms with Gasteiger partial charge in [-0.1, -0.05) is 18.2 Å². The molecule has 0 N–H and O–H groups in total. The minimum absolute atomic E-state index is 0.234. The number of fused-ring (bicyclic) bond motifs is 1. The number of benzene rings is 1. The van der Waals surface area contributed by atoms with Crippen molar-refractivity contribution >= 4 is 17.9 Å². The van der Waals surface area contributed by atoms with E-state index >= 15 is 0 Å². The number of nitrogens with zero attached hydrogens (tertiary/aromatic N) is 2. The van der Waals surface area contributed by atoms with E-state index < -0.39 is 5.60 Å². The molecule has 2 heterocycles. The number of piperazine rings is 1. The number of carbonyl (C=O) groups is 1. The maximum Gasteiger partial charge on any atom is 0.410 e. The molecular formula is C20H28N2O3. The molecule has 3 rings (SSSR count). The van der Waals surface area contributed by atoms with E-state index in [0.29, 0.717) is 13.1 Å². The van der Waals surface area contributed by atoms with Crippen LogP contribution >= 0.6 is 0 Å². The van der Waals surface area contributed by atoms with Crippen LogP contribution in [-0.2, 0) is 4.74 Å². The van der Waals surface area contributed by atoms with Crippen LogP contribution in [-0.4, -0.2) is 48.4 Å². The molecule has 1 saturated heterocycles. The monoisotopic (exact) mass is 344 g/mol. The molecule has 0 aliphatic carbocycles. The first-order valence-corrected chi connectivity index (χ1v) is 8.89. The molecule has 5 heteroatoms. The zero-order valence-electron chi connectivity index (χ0n) is 15.8. The number of rotatable bonds is 1. The smallest absolute Gasteiger partial charge is 0.410 e. The summed E-state index contributed by atoms with van der Waals surface area (Å²) in [5.74, 6) is 0.931. The third-order valence-corrected chi connectivity index (χ3v) is 4.33. The van der Waals surface area contributed by atoms with Gasteiger partial charge in [-0.05, 0) is 46.8 Å². The highest BCUT2D eigenvalue weighted by molar-refractivity contribution is 5.73. The number of carbonyl (C=O) groups excluding carboxylic acids is 1. The van der Waals surface area contributed by atoms with Crippen molar-refractivity contribution in [2.75, 3.05) is 31.1 Å². The molecule has 1 aromatic carbocycles. The molecule has 0 saturated carbocycles. The molecule has 0 bridgehead atoms. The van der Waals surface area contributed by atoms with Gasteiger partial charge < -0.3 is 19.3 Å². The fraction of sp³-hybridized carbons (Fsp3) is 0.550. The van der Waals surface area contributed by atoms with Crippen molar-refractivity contribution in [2.45, 2.75) is 45.8 Å². The zero-order chi connectivity index (χ0) is 18.2. The molecule has 0 aromatic heterocycles. The van der Waals surface area contributed by atoms with Crippen LogP contribution < -0.4 is 9.64 Å². The van der Waals surface area contributed by atoms with Gasteiger partial charge in [-0.2, -0.15) is 0 Å². The van der Waals surface area contributed by atoms with Crippen LogP contribution in [0.5, 0.6) is 5.75 Å². The highest BCUT2D eigenvalue weighted by Crippen LogP contribution is 2.39. The second kappa shape index (κ2) is 6.28. The Labute approximate surface area is 150 Å². The molecule has 2 aliphatic rings. The zero-order valence-corrected chi connectivity index (χ0v) is 15.8. The fourth-order valence-electron chi connectivity index (χ4n) is 3.08. The number of hydrogen-bond acceptors (Lipinski definition) is 4. The molecule has 25 heavy (non-hydrogen) atoms. The highest BCUT2D eigenvalue weighted by Gasteiger charge is 2.29. The fourth-order valence-corrected chi connectivity index (χ4v) is 3.08. The van der Waals surface area contributed by atoms with E-state index in [1.807, 2.05) is 20.8 Å². The first-order chi connectivity index (χ1) is 11.6. The van der Waals surface area contributed by atoms with Gasteiger partial charge in [0.25, 0.3) is 0 Å². The van der Waals surface area contributed by atoms with E-state index in [0.717, 1.165) is 30.1 Å². The summed E-state index contributed by atoms with van der Waals surface area (Å²) in [6.45, 7) is 12.6. The summed E-state index contributed by atoms with van der Waals surface area (Å²) in [5.41, 5.74) is 1.44. The molecule has 0 atom stereocenters. The topological polar surface area (TPSA) is 42.0 Å². The summed E-state index contributed by atoms with van der Waals surface area (Å²) >= 11 is 0. The molecule has 0 radical (unpaired) electrons. The second-order valence-electron chi connectivity index (χ2n) is 8.19. The SMILES string of the molecule is CC(C)(C)OC(=O)N1CCN(c2cccc3c2OC(C)(C)C=C3)CC1. The second-order valence-corrected chi connectivity index (χ2v) is 8.19. The molecule has 1 fully saturated rings. The van der Waals surface area contributed by atoms with E-state index in [2.05, 4.69) is 49.1 Å². The summed E-state index contributed by atoms with van der Waals surface area (Å²) < 4.78 is 11.7. The Morgan fingerprint density at radius 3 is 2.48 bits per heavy atom. The molecule has 1 aromatic rings. The first-order valence-electron chi connectivity index (χ1n) is 8.89. The maximum atomic E-state index is 12.2. The lowest BCUT2D eigenvalue weighted by molar-refractivity contribution is 0.0240. The van der Waals surface area contributed by atoms with Crippen molar-refractivity contribution < 1.29 is 14.3 Å². The molecule has 2 aliphatic heterocycles. The summed E-state index contributed by atoms with van der Waals surface area (Å²) in [6.07, 6.45) is 3.97. The van der Waals surface area contributed by atoms with E-state index in [-0.39, 0.29) is 11.7 Å². The molecule has 0 unspecified atom stereocenters. The van der Waals surface area contributed by atoms with Crippen LogP contribution in [0.3, 0.4) is 0 Å². The van der Waals surface area contributed by atoms with Crippen LogP contribution in [0, 0.1) is 0 Å². The Bertz CT molecular complexity index is 681. The van der Waals surface area contributed by atoms with Gasteiger partial charge in [0, 0.05) is 31.7 Å². The number of hydrogen-bond donors (Lipinski definition) is 0. The molecule has 0 spiro atoms. The van der Waals surface area contributed by atoms with Crippen molar-refractivity contribution in [3.8, 4) is 5.75 Å². The number of anilines is 1. The van der Waals surface area contributed by atoms with Gasteiger partial charge in [-0.15, -0.1) is 0 Å². The van der Waals surface area contributed by atoms with Gasteiger partial charge in [-0.3, -0.25) is 0 Å². The van der Waals surface area contributed by atoms with Crippen LogP contribution in [0.4, 0.5) is 10.5 Å². The number of para-hydroxylation sites is 1. The van der Waals surface area contributed by atoms with Gasteiger partial charge in [-0.25, -0.2) is 4.79 Å². The normalized spacial score (nSPS) is 19.2. The minimum Gasteiger partial charge on any atom is -0.481 e. The Kier molecular flexibility index (Phi) is 4.43. The average molecular weight is 344 g/mol. The summed E-state index contributed by atoms with van der Waals surface area (Å²) in [4.78, 5) is 16.3. The summed E-state index contributed by atoms with van der Waals surface area (Å²) in [5, 5.41) is 0. The van der Waals surface area contributed by atoms with E-state index in [4.69, 9.17) is 9.47 Å². The van der Waals surface area contributed by atoms with Crippen LogP contribution in [0.15, 0.2) is 24.3 Å². The van der Waals surface area contributed by atoms with Crippen molar-refractivity contribution in [1.82, 2.24) is 4.90 Å². The largest absolute Gasteiger partial charge is 0.481 e. The van der Waals surface area contributed by atoms with Crippen LogP contribution in [0.25, 0.3) is 6.08 Å². The Hall–Kier alpha value is -2.17. The molecule has 136 valence electrons. The Balaban J connectivity index is 1.71. The minimum atomic E-state index is -0.460. The predicted molar refractivity (Wildman–Crippen MR) is 100 cm³/mol. The standard InChI is InChI=1S/C20H28N2O3/c1-19(2,3)25-18(23)22-13-11-21(12-14-22)16-8-6-7-15-9-10-20(4,5)24-17(15)16/h6-10H,11-14H2,1-5H3. The molecule has 5 nitrogen and oxygen atoms in total. The summed E-state index contributed by atoms with van der Waals surface area (Å²) in [7, 11) is 0. The van der Waals surface area contributed by atoms with Gasteiger partial charge >= 0.3 is 6.09 Å². The maximum absolute atomic E-state index is 12.2. The first kappa shape index (κ1) is 17.6. The predicted octanol–water partition coefficient (Wildman–Crippen LogP) is 3.93. The summed E-state index contributed by atoms with van der Waals surface area (Å²) in [6, 6.07) is 6.22. The number of amides is 1. The third-order valence-electron chi connectivity index (χ3n) is 4.33. The lowest BCUT2D eigenvalue weighted by Crippen LogP contribution is -2.50. The quantitative estimate of drug-likeness (QED) is 0.774. The number of ether oxygens (including phenoxy) is 2.